The monoisotopic (exact) mass is 221 g/mol. The van der Waals surface area contributed by atoms with Crippen LogP contribution in [0.25, 0.3) is 0 Å². The fourth-order valence-corrected chi connectivity index (χ4v) is 4.67. The Labute approximate surface area is 98.2 Å². The van der Waals surface area contributed by atoms with Gasteiger partial charge >= 0.3 is 0 Å². The Hall–Kier alpha value is -0.530. The maximum Gasteiger partial charge on any atom is 0.222 e. The Morgan fingerprint density at radius 3 is 1.88 bits per heavy atom. The Morgan fingerprint density at radius 1 is 1.06 bits per heavy atom. The third-order valence-electron chi connectivity index (χ3n) is 4.95. The molecule has 0 aromatic heterocycles. The highest BCUT2D eigenvalue weighted by Gasteiger charge is 2.51. The molecule has 0 radical (unpaired) electrons. The Bertz CT molecular complexity index is 273. The molecule has 2 nitrogen and oxygen atoms in total. The van der Waals surface area contributed by atoms with Crippen molar-refractivity contribution in [2.24, 2.45) is 23.7 Å². The third kappa shape index (κ3) is 1.66. The van der Waals surface area contributed by atoms with E-state index in [4.69, 9.17) is 0 Å². The first kappa shape index (κ1) is 10.6. The van der Waals surface area contributed by atoms with Gasteiger partial charge in [0, 0.05) is 11.5 Å². The SMILES string of the molecule is CC(C)C(=O)NC12CC3CC(CC(C3)C1)C2. The number of amides is 1. The van der Waals surface area contributed by atoms with Gasteiger partial charge in [-0.3, -0.25) is 4.79 Å². The molecule has 0 unspecified atom stereocenters. The summed E-state index contributed by atoms with van der Waals surface area (Å²) in [5.41, 5.74) is 0.204. The van der Waals surface area contributed by atoms with Crippen LogP contribution in [0.2, 0.25) is 0 Å². The number of nitrogens with one attached hydrogen (secondary N) is 1. The Balaban J connectivity index is 1.76. The molecule has 4 saturated carbocycles. The Morgan fingerprint density at radius 2 is 1.50 bits per heavy atom. The molecule has 4 aliphatic rings. The summed E-state index contributed by atoms with van der Waals surface area (Å²) < 4.78 is 0. The van der Waals surface area contributed by atoms with Crippen molar-refractivity contribution in [2.45, 2.75) is 57.9 Å². The van der Waals surface area contributed by atoms with Gasteiger partial charge < -0.3 is 5.32 Å². The van der Waals surface area contributed by atoms with Gasteiger partial charge in [0.2, 0.25) is 5.91 Å². The average Bonchev–Trinajstić information content (AvgIpc) is 2.13. The molecule has 4 bridgehead atoms. The predicted octanol–water partition coefficient (Wildman–Crippen LogP) is 2.73. The number of rotatable bonds is 2. The van der Waals surface area contributed by atoms with Gasteiger partial charge in [-0.1, -0.05) is 13.8 Å². The van der Waals surface area contributed by atoms with Crippen LogP contribution in [0.15, 0.2) is 0 Å². The van der Waals surface area contributed by atoms with Crippen molar-refractivity contribution >= 4 is 5.91 Å². The molecule has 4 rings (SSSR count). The van der Waals surface area contributed by atoms with E-state index in [0.717, 1.165) is 17.8 Å². The van der Waals surface area contributed by atoms with Crippen LogP contribution in [0, 0.1) is 23.7 Å². The van der Waals surface area contributed by atoms with E-state index < -0.39 is 0 Å². The van der Waals surface area contributed by atoms with E-state index in [1.807, 2.05) is 13.8 Å². The molecule has 16 heavy (non-hydrogen) atoms. The topological polar surface area (TPSA) is 29.1 Å². The van der Waals surface area contributed by atoms with Gasteiger partial charge in [-0.25, -0.2) is 0 Å². The van der Waals surface area contributed by atoms with E-state index in [2.05, 4.69) is 5.32 Å². The van der Waals surface area contributed by atoms with E-state index >= 15 is 0 Å². The summed E-state index contributed by atoms with van der Waals surface area (Å²) in [6.07, 6.45) is 8.11. The van der Waals surface area contributed by atoms with Crippen molar-refractivity contribution in [3.8, 4) is 0 Å². The zero-order chi connectivity index (χ0) is 11.3. The first-order valence-electron chi connectivity index (χ1n) is 6.88. The zero-order valence-electron chi connectivity index (χ0n) is 10.5. The molecular formula is C14H23NO. The van der Waals surface area contributed by atoms with E-state index in [1.165, 1.54) is 38.5 Å². The molecule has 1 amide bonds. The van der Waals surface area contributed by atoms with Crippen LogP contribution in [0.5, 0.6) is 0 Å². The standard InChI is InChI=1S/C14H23NO/c1-9(2)13(16)15-14-6-10-3-11(7-14)5-12(4-10)8-14/h9-12H,3-8H2,1-2H3,(H,15,16). The van der Waals surface area contributed by atoms with Crippen LogP contribution in [-0.4, -0.2) is 11.4 Å². The van der Waals surface area contributed by atoms with Crippen LogP contribution in [0.4, 0.5) is 0 Å². The van der Waals surface area contributed by atoms with Crippen LogP contribution in [0.1, 0.15) is 52.4 Å². The highest BCUT2D eigenvalue weighted by atomic mass is 16.2. The molecule has 0 saturated heterocycles. The van der Waals surface area contributed by atoms with Crippen LogP contribution in [-0.2, 0) is 4.79 Å². The molecule has 90 valence electrons. The first-order valence-corrected chi connectivity index (χ1v) is 6.88. The van der Waals surface area contributed by atoms with Crippen LogP contribution < -0.4 is 5.32 Å². The van der Waals surface area contributed by atoms with Gasteiger partial charge in [0.15, 0.2) is 0 Å². The van der Waals surface area contributed by atoms with Gasteiger partial charge in [-0.15, -0.1) is 0 Å². The fraction of sp³-hybridized carbons (Fsp3) is 0.929. The lowest BCUT2D eigenvalue weighted by Crippen LogP contribution is -2.60. The van der Waals surface area contributed by atoms with Gasteiger partial charge in [0.25, 0.3) is 0 Å². The summed E-state index contributed by atoms with van der Waals surface area (Å²) in [7, 11) is 0. The summed E-state index contributed by atoms with van der Waals surface area (Å²) >= 11 is 0. The number of hydrogen-bond acceptors (Lipinski definition) is 1. The molecule has 0 atom stereocenters. The quantitative estimate of drug-likeness (QED) is 0.763. The minimum Gasteiger partial charge on any atom is -0.350 e. The second-order valence-electron chi connectivity index (χ2n) is 6.84. The summed E-state index contributed by atoms with van der Waals surface area (Å²) in [6.45, 7) is 3.99. The third-order valence-corrected chi connectivity index (χ3v) is 4.95. The van der Waals surface area contributed by atoms with Gasteiger partial charge in [-0.05, 0) is 56.3 Å². The van der Waals surface area contributed by atoms with Gasteiger partial charge in [0.1, 0.15) is 0 Å². The molecule has 0 spiro atoms. The molecule has 4 fully saturated rings. The van der Waals surface area contributed by atoms with E-state index in [9.17, 15) is 4.79 Å². The maximum atomic E-state index is 11.9. The normalized spacial score (nSPS) is 45.1. The molecular weight excluding hydrogens is 198 g/mol. The highest BCUT2D eigenvalue weighted by Crippen LogP contribution is 2.55. The minimum absolute atomic E-state index is 0.132. The summed E-state index contributed by atoms with van der Waals surface area (Å²) in [5, 5.41) is 3.39. The molecule has 0 aromatic rings. The van der Waals surface area contributed by atoms with Crippen LogP contribution >= 0.6 is 0 Å². The molecule has 1 N–H and O–H groups in total. The highest BCUT2D eigenvalue weighted by molar-refractivity contribution is 5.78. The molecule has 0 heterocycles. The van der Waals surface area contributed by atoms with Crippen molar-refractivity contribution in [3.63, 3.8) is 0 Å². The summed E-state index contributed by atoms with van der Waals surface area (Å²) in [5.74, 6) is 3.14. The summed E-state index contributed by atoms with van der Waals surface area (Å²) in [6, 6.07) is 0. The second kappa shape index (κ2) is 3.48. The fourth-order valence-electron chi connectivity index (χ4n) is 4.67. The van der Waals surface area contributed by atoms with Crippen molar-refractivity contribution in [1.82, 2.24) is 5.32 Å². The lowest BCUT2D eigenvalue weighted by molar-refractivity contribution is -0.129. The van der Waals surface area contributed by atoms with Crippen LogP contribution in [0.3, 0.4) is 0 Å². The number of carbonyl (C=O) groups excluding carboxylic acids is 1. The van der Waals surface area contributed by atoms with E-state index in [-0.39, 0.29) is 17.4 Å². The minimum atomic E-state index is 0.132. The molecule has 4 aliphatic carbocycles. The number of carbonyl (C=O) groups is 1. The lowest BCUT2D eigenvalue weighted by atomic mass is 9.53. The average molecular weight is 221 g/mol. The van der Waals surface area contributed by atoms with E-state index in [1.54, 1.807) is 0 Å². The van der Waals surface area contributed by atoms with E-state index in [0.29, 0.717) is 0 Å². The molecule has 0 aromatic carbocycles. The molecule has 2 heteroatoms. The van der Waals surface area contributed by atoms with Gasteiger partial charge in [-0.2, -0.15) is 0 Å². The largest absolute Gasteiger partial charge is 0.350 e. The number of hydrogen-bond donors (Lipinski definition) is 1. The second-order valence-corrected chi connectivity index (χ2v) is 6.84. The van der Waals surface area contributed by atoms with Crippen molar-refractivity contribution in [1.29, 1.82) is 0 Å². The van der Waals surface area contributed by atoms with Crippen molar-refractivity contribution < 1.29 is 4.79 Å². The first-order chi connectivity index (χ1) is 7.56. The lowest BCUT2D eigenvalue weighted by Gasteiger charge is -2.57. The van der Waals surface area contributed by atoms with Gasteiger partial charge in [0.05, 0.1) is 0 Å². The van der Waals surface area contributed by atoms with Crippen molar-refractivity contribution in [3.05, 3.63) is 0 Å². The Kier molecular flexibility index (Phi) is 2.31. The van der Waals surface area contributed by atoms with Crippen molar-refractivity contribution in [2.75, 3.05) is 0 Å². The maximum absolute atomic E-state index is 11.9. The smallest absolute Gasteiger partial charge is 0.222 e. The molecule has 0 aliphatic heterocycles. The zero-order valence-corrected chi connectivity index (χ0v) is 10.5. The predicted molar refractivity (Wildman–Crippen MR) is 63.9 cm³/mol. The summed E-state index contributed by atoms with van der Waals surface area (Å²) in [4.78, 5) is 11.9.